The summed E-state index contributed by atoms with van der Waals surface area (Å²) in [6, 6.07) is 20.6. The second kappa shape index (κ2) is 7.55. The molecule has 0 saturated heterocycles. The minimum atomic E-state index is 0.106. The summed E-state index contributed by atoms with van der Waals surface area (Å²) >= 11 is 0. The van der Waals surface area contributed by atoms with E-state index in [0.29, 0.717) is 0 Å². The molecule has 0 aliphatic carbocycles. The molecule has 0 aliphatic rings. The van der Waals surface area contributed by atoms with Gasteiger partial charge in [0.05, 0.1) is 6.61 Å². The minimum absolute atomic E-state index is 0.106. The van der Waals surface area contributed by atoms with Gasteiger partial charge in [-0.25, -0.2) is 0 Å². The zero-order valence-electron chi connectivity index (χ0n) is 11.1. The molecule has 0 heterocycles. The Bertz CT molecular complexity index is 500. The third-order valence-corrected chi connectivity index (χ3v) is 3.22. The van der Waals surface area contributed by atoms with Crippen LogP contribution in [-0.4, -0.2) is 11.7 Å². The van der Waals surface area contributed by atoms with Crippen LogP contribution in [0.1, 0.15) is 24.0 Å². The van der Waals surface area contributed by atoms with Crippen LogP contribution in [-0.2, 0) is 6.42 Å². The molecule has 1 N–H and O–H groups in total. The van der Waals surface area contributed by atoms with Gasteiger partial charge in [-0.1, -0.05) is 66.7 Å². The molecule has 0 spiro atoms. The van der Waals surface area contributed by atoms with E-state index in [0.717, 1.165) is 30.4 Å². The van der Waals surface area contributed by atoms with Gasteiger partial charge in [0.15, 0.2) is 0 Å². The number of benzene rings is 2. The molecule has 0 aromatic heterocycles. The van der Waals surface area contributed by atoms with Crippen molar-refractivity contribution in [3.8, 4) is 0 Å². The van der Waals surface area contributed by atoms with Crippen molar-refractivity contribution < 1.29 is 5.11 Å². The van der Waals surface area contributed by atoms with Crippen LogP contribution < -0.4 is 0 Å². The van der Waals surface area contributed by atoms with Gasteiger partial charge in [-0.05, 0) is 36.0 Å². The molecule has 1 heteroatoms. The number of aliphatic hydroxyl groups excluding tert-OH is 1. The molecule has 2 aromatic rings. The van der Waals surface area contributed by atoms with E-state index in [-0.39, 0.29) is 6.61 Å². The highest BCUT2D eigenvalue weighted by molar-refractivity contribution is 5.65. The summed E-state index contributed by atoms with van der Waals surface area (Å²) in [5.41, 5.74) is 3.51. The Labute approximate surface area is 115 Å². The molecule has 0 fully saturated rings. The molecule has 98 valence electrons. The quantitative estimate of drug-likeness (QED) is 0.768. The Balaban J connectivity index is 1.87. The lowest BCUT2D eigenvalue weighted by Crippen LogP contribution is -1.91. The summed E-state index contributed by atoms with van der Waals surface area (Å²) in [6.45, 7) is 0.106. The Hall–Kier alpha value is -1.86. The van der Waals surface area contributed by atoms with Crippen molar-refractivity contribution in [2.24, 2.45) is 0 Å². The normalized spacial score (nSPS) is 11.5. The lowest BCUT2D eigenvalue weighted by molar-refractivity contribution is 0.350. The van der Waals surface area contributed by atoms with E-state index in [2.05, 4.69) is 30.3 Å². The van der Waals surface area contributed by atoms with Gasteiger partial charge in [-0.2, -0.15) is 0 Å². The highest BCUT2D eigenvalue weighted by atomic mass is 16.3. The fourth-order valence-corrected chi connectivity index (χ4v) is 2.15. The second-order valence-corrected chi connectivity index (χ2v) is 4.63. The van der Waals surface area contributed by atoms with Gasteiger partial charge in [-0.15, -0.1) is 0 Å². The minimum Gasteiger partial charge on any atom is -0.392 e. The maximum Gasteiger partial charge on any atom is 0.0684 e. The summed E-state index contributed by atoms with van der Waals surface area (Å²) in [5.74, 6) is 0. The fourth-order valence-electron chi connectivity index (χ4n) is 2.15. The van der Waals surface area contributed by atoms with Gasteiger partial charge >= 0.3 is 0 Å². The Kier molecular flexibility index (Phi) is 5.39. The van der Waals surface area contributed by atoms with Crippen LogP contribution in [0.25, 0.3) is 5.57 Å². The molecule has 0 unspecified atom stereocenters. The summed E-state index contributed by atoms with van der Waals surface area (Å²) in [7, 11) is 0. The van der Waals surface area contributed by atoms with Gasteiger partial charge in [0.1, 0.15) is 0 Å². The topological polar surface area (TPSA) is 20.2 Å². The van der Waals surface area contributed by atoms with Crippen molar-refractivity contribution in [2.45, 2.75) is 19.3 Å². The predicted octanol–water partition coefficient (Wildman–Crippen LogP) is 4.09. The van der Waals surface area contributed by atoms with Crippen LogP contribution in [0, 0.1) is 0 Å². The summed E-state index contributed by atoms with van der Waals surface area (Å²) in [6.07, 6.45) is 5.35. The van der Waals surface area contributed by atoms with Gasteiger partial charge in [0, 0.05) is 0 Å². The average molecular weight is 252 g/mol. The van der Waals surface area contributed by atoms with Crippen LogP contribution in [0.5, 0.6) is 0 Å². The predicted molar refractivity (Wildman–Crippen MR) is 80.9 cm³/mol. The van der Waals surface area contributed by atoms with Crippen LogP contribution in [0.15, 0.2) is 66.7 Å². The first-order chi connectivity index (χ1) is 9.40. The average Bonchev–Trinajstić information content (AvgIpc) is 2.49. The molecule has 0 saturated carbocycles. The molecular weight excluding hydrogens is 232 g/mol. The number of aryl methyl sites for hydroxylation is 1. The van der Waals surface area contributed by atoms with Crippen molar-refractivity contribution in [3.63, 3.8) is 0 Å². The maximum absolute atomic E-state index is 9.43. The van der Waals surface area contributed by atoms with E-state index in [1.54, 1.807) is 0 Å². The van der Waals surface area contributed by atoms with Crippen molar-refractivity contribution in [1.29, 1.82) is 0 Å². The van der Waals surface area contributed by atoms with E-state index in [9.17, 15) is 5.11 Å². The van der Waals surface area contributed by atoms with Gasteiger partial charge in [0.2, 0.25) is 0 Å². The van der Waals surface area contributed by atoms with Crippen LogP contribution >= 0.6 is 0 Å². The lowest BCUT2D eigenvalue weighted by Gasteiger charge is -2.04. The molecule has 0 atom stereocenters. The van der Waals surface area contributed by atoms with Crippen molar-refractivity contribution in [1.82, 2.24) is 0 Å². The van der Waals surface area contributed by atoms with Crippen LogP contribution in [0.3, 0.4) is 0 Å². The van der Waals surface area contributed by atoms with Gasteiger partial charge < -0.3 is 5.11 Å². The van der Waals surface area contributed by atoms with E-state index in [4.69, 9.17) is 0 Å². The summed E-state index contributed by atoms with van der Waals surface area (Å²) in [4.78, 5) is 0. The Morgan fingerprint density at radius 3 is 2.16 bits per heavy atom. The van der Waals surface area contributed by atoms with Crippen molar-refractivity contribution in [2.75, 3.05) is 6.61 Å². The van der Waals surface area contributed by atoms with Crippen molar-refractivity contribution >= 4 is 5.57 Å². The maximum atomic E-state index is 9.43. The number of allylic oxidation sites excluding steroid dienone is 1. The number of hydrogen-bond acceptors (Lipinski definition) is 1. The van der Waals surface area contributed by atoms with Gasteiger partial charge in [0.25, 0.3) is 0 Å². The van der Waals surface area contributed by atoms with E-state index < -0.39 is 0 Å². The Morgan fingerprint density at radius 2 is 1.53 bits per heavy atom. The first-order valence-corrected chi connectivity index (χ1v) is 6.79. The van der Waals surface area contributed by atoms with E-state index in [1.807, 2.05) is 36.4 Å². The molecule has 2 aromatic carbocycles. The smallest absolute Gasteiger partial charge is 0.0684 e. The zero-order valence-corrected chi connectivity index (χ0v) is 11.1. The molecular formula is C18H20O. The standard InChI is InChI=1S/C18H20O/c19-15-18(17-12-5-2-6-13-17)14-8-7-11-16-9-3-1-4-10-16/h1-6,9-10,12-14,19H,7-8,11,15H2/b18-14+. The molecule has 1 nitrogen and oxygen atoms in total. The number of rotatable bonds is 6. The molecule has 0 amide bonds. The Morgan fingerprint density at radius 1 is 0.895 bits per heavy atom. The zero-order chi connectivity index (χ0) is 13.3. The van der Waals surface area contributed by atoms with Crippen LogP contribution in [0.4, 0.5) is 0 Å². The highest BCUT2D eigenvalue weighted by Gasteiger charge is 1.98. The summed E-state index contributed by atoms with van der Waals surface area (Å²) in [5, 5.41) is 9.43. The summed E-state index contributed by atoms with van der Waals surface area (Å²) < 4.78 is 0. The lowest BCUT2D eigenvalue weighted by atomic mass is 10.0. The third-order valence-electron chi connectivity index (χ3n) is 3.22. The largest absolute Gasteiger partial charge is 0.392 e. The molecule has 19 heavy (non-hydrogen) atoms. The number of hydrogen-bond donors (Lipinski definition) is 1. The molecule has 0 aliphatic heterocycles. The number of aliphatic hydroxyl groups is 1. The molecule has 2 rings (SSSR count). The van der Waals surface area contributed by atoms with E-state index in [1.165, 1.54) is 5.56 Å². The van der Waals surface area contributed by atoms with E-state index >= 15 is 0 Å². The third kappa shape index (κ3) is 4.38. The fraction of sp³-hybridized carbons (Fsp3) is 0.222. The first kappa shape index (κ1) is 13.6. The number of unbranched alkanes of at least 4 members (excludes halogenated alkanes) is 1. The van der Waals surface area contributed by atoms with Crippen molar-refractivity contribution in [3.05, 3.63) is 77.9 Å². The monoisotopic (exact) mass is 252 g/mol. The first-order valence-electron chi connectivity index (χ1n) is 6.79. The molecule has 0 bridgehead atoms. The van der Waals surface area contributed by atoms with Gasteiger partial charge in [-0.3, -0.25) is 0 Å². The SMILES string of the molecule is OC/C(=C\CCCc1ccccc1)c1ccccc1. The highest BCUT2D eigenvalue weighted by Crippen LogP contribution is 2.15. The second-order valence-electron chi connectivity index (χ2n) is 4.63. The molecule has 0 radical (unpaired) electrons. The van der Waals surface area contributed by atoms with Crippen LogP contribution in [0.2, 0.25) is 0 Å².